The van der Waals surface area contributed by atoms with Gasteiger partial charge in [0.05, 0.1) is 23.1 Å². The van der Waals surface area contributed by atoms with Crippen LogP contribution in [0.3, 0.4) is 0 Å². The van der Waals surface area contributed by atoms with E-state index in [2.05, 4.69) is 15.7 Å². The Balaban J connectivity index is 1.50. The maximum Gasteiger partial charge on any atom is 0.259 e. The minimum Gasteiger partial charge on any atom is -0.326 e. The van der Waals surface area contributed by atoms with Crippen molar-refractivity contribution in [2.24, 2.45) is 5.92 Å². The molecule has 7 heteroatoms. The summed E-state index contributed by atoms with van der Waals surface area (Å²) in [6.07, 6.45) is 3.42. The lowest BCUT2D eigenvalue weighted by Gasteiger charge is -2.09. The van der Waals surface area contributed by atoms with Crippen LogP contribution in [0.15, 0.2) is 54.7 Å². The fourth-order valence-corrected chi connectivity index (χ4v) is 3.15. The fraction of sp³-hybridized carbons (Fsp3) is 0.190. The average Bonchev–Trinajstić information content (AvgIpc) is 3.44. The Bertz CT molecular complexity index is 1060. The molecule has 142 valence electrons. The first kappa shape index (κ1) is 18.3. The molecule has 2 aromatic carbocycles. The van der Waals surface area contributed by atoms with E-state index in [0.717, 1.165) is 18.5 Å². The second-order valence-electron chi connectivity index (χ2n) is 6.83. The summed E-state index contributed by atoms with van der Waals surface area (Å²) in [5, 5.41) is 10.7. The first-order valence-corrected chi connectivity index (χ1v) is 9.42. The first-order valence-electron chi connectivity index (χ1n) is 9.04. The van der Waals surface area contributed by atoms with Crippen molar-refractivity contribution in [1.29, 1.82) is 0 Å². The summed E-state index contributed by atoms with van der Waals surface area (Å²) in [6.45, 7) is 1.83. The van der Waals surface area contributed by atoms with E-state index in [1.54, 1.807) is 41.1 Å². The van der Waals surface area contributed by atoms with Gasteiger partial charge in [0, 0.05) is 22.3 Å². The Labute approximate surface area is 167 Å². The summed E-state index contributed by atoms with van der Waals surface area (Å²) in [5.74, 6) is -0.114. The van der Waals surface area contributed by atoms with E-state index in [9.17, 15) is 9.59 Å². The SMILES string of the molecule is Cc1c(C(=O)Nc2cccc(NC(=O)C3CC3)c2)cnn1-c1cccc(Cl)c1. The fourth-order valence-electron chi connectivity index (χ4n) is 2.96. The molecule has 1 aliphatic rings. The molecule has 0 bridgehead atoms. The van der Waals surface area contributed by atoms with Gasteiger partial charge in [-0.25, -0.2) is 4.68 Å². The molecule has 0 spiro atoms. The lowest BCUT2D eigenvalue weighted by atomic mass is 10.2. The van der Waals surface area contributed by atoms with Crippen LogP contribution >= 0.6 is 11.6 Å². The van der Waals surface area contributed by atoms with Crippen LogP contribution < -0.4 is 10.6 Å². The molecule has 1 saturated carbocycles. The number of amides is 2. The lowest BCUT2D eigenvalue weighted by Crippen LogP contribution is -2.15. The largest absolute Gasteiger partial charge is 0.326 e. The van der Waals surface area contributed by atoms with Crippen molar-refractivity contribution < 1.29 is 9.59 Å². The molecule has 3 aromatic rings. The van der Waals surface area contributed by atoms with Crippen LogP contribution in [0.4, 0.5) is 11.4 Å². The second kappa shape index (κ2) is 7.48. The molecule has 28 heavy (non-hydrogen) atoms. The molecular formula is C21H19ClN4O2. The van der Waals surface area contributed by atoms with E-state index < -0.39 is 0 Å². The number of benzene rings is 2. The monoisotopic (exact) mass is 394 g/mol. The Kier molecular flexibility index (Phi) is 4.88. The van der Waals surface area contributed by atoms with Crippen LogP contribution in [-0.4, -0.2) is 21.6 Å². The third-order valence-electron chi connectivity index (χ3n) is 4.64. The Morgan fingerprint density at radius 2 is 1.79 bits per heavy atom. The van der Waals surface area contributed by atoms with Crippen molar-refractivity contribution in [3.63, 3.8) is 0 Å². The standard InChI is InChI=1S/C21H19ClN4O2/c1-13-19(12-23-26(13)18-7-2-4-15(22)10-18)21(28)25-17-6-3-5-16(11-17)24-20(27)14-8-9-14/h2-7,10-12,14H,8-9H2,1H3,(H,24,27)(H,25,28). The summed E-state index contributed by atoms with van der Waals surface area (Å²) in [5.41, 5.74) is 3.23. The normalized spacial score (nSPS) is 13.2. The molecule has 2 amide bonds. The molecule has 4 rings (SSSR count). The maximum atomic E-state index is 12.7. The van der Waals surface area contributed by atoms with Crippen molar-refractivity contribution in [1.82, 2.24) is 9.78 Å². The third kappa shape index (κ3) is 3.92. The van der Waals surface area contributed by atoms with Crippen molar-refractivity contribution in [2.75, 3.05) is 10.6 Å². The van der Waals surface area contributed by atoms with Crippen LogP contribution in [0.25, 0.3) is 5.69 Å². The molecule has 0 radical (unpaired) electrons. The summed E-state index contributed by atoms with van der Waals surface area (Å²) in [4.78, 5) is 24.6. The van der Waals surface area contributed by atoms with Crippen molar-refractivity contribution in [3.05, 3.63) is 71.0 Å². The Morgan fingerprint density at radius 1 is 1.07 bits per heavy atom. The zero-order valence-corrected chi connectivity index (χ0v) is 16.0. The van der Waals surface area contributed by atoms with Crippen LogP contribution in [-0.2, 0) is 4.79 Å². The lowest BCUT2D eigenvalue weighted by molar-refractivity contribution is -0.117. The Hall–Kier alpha value is -3.12. The molecule has 0 aliphatic heterocycles. The summed E-state index contributed by atoms with van der Waals surface area (Å²) >= 11 is 6.05. The van der Waals surface area contributed by atoms with Gasteiger partial charge in [0.1, 0.15) is 0 Å². The highest BCUT2D eigenvalue weighted by molar-refractivity contribution is 6.30. The van der Waals surface area contributed by atoms with Crippen LogP contribution in [0.5, 0.6) is 0 Å². The summed E-state index contributed by atoms with van der Waals surface area (Å²) in [6, 6.07) is 14.4. The van der Waals surface area contributed by atoms with E-state index in [1.807, 2.05) is 19.1 Å². The quantitative estimate of drug-likeness (QED) is 0.671. The number of carbonyl (C=O) groups is 2. The number of anilines is 2. The highest BCUT2D eigenvalue weighted by Gasteiger charge is 2.29. The van der Waals surface area contributed by atoms with E-state index >= 15 is 0 Å². The summed E-state index contributed by atoms with van der Waals surface area (Å²) in [7, 11) is 0. The second-order valence-corrected chi connectivity index (χ2v) is 7.27. The molecule has 1 fully saturated rings. The zero-order valence-electron chi connectivity index (χ0n) is 15.3. The molecule has 1 heterocycles. The van der Waals surface area contributed by atoms with Gasteiger partial charge in [-0.1, -0.05) is 23.7 Å². The predicted octanol–water partition coefficient (Wildman–Crippen LogP) is 4.43. The van der Waals surface area contributed by atoms with E-state index in [0.29, 0.717) is 27.7 Å². The van der Waals surface area contributed by atoms with Crippen LogP contribution in [0, 0.1) is 12.8 Å². The zero-order chi connectivity index (χ0) is 19.7. The molecule has 2 N–H and O–H groups in total. The average molecular weight is 395 g/mol. The van der Waals surface area contributed by atoms with Gasteiger partial charge in [-0.2, -0.15) is 5.10 Å². The maximum absolute atomic E-state index is 12.7. The number of nitrogens with zero attached hydrogens (tertiary/aromatic N) is 2. The minimum atomic E-state index is -0.267. The molecule has 0 unspecified atom stereocenters. The van der Waals surface area contributed by atoms with Gasteiger partial charge in [-0.15, -0.1) is 0 Å². The third-order valence-corrected chi connectivity index (χ3v) is 4.88. The number of aromatic nitrogens is 2. The van der Waals surface area contributed by atoms with Gasteiger partial charge in [-0.05, 0) is 56.2 Å². The van der Waals surface area contributed by atoms with Gasteiger partial charge in [-0.3, -0.25) is 9.59 Å². The highest BCUT2D eigenvalue weighted by Crippen LogP contribution is 2.30. The molecule has 1 aliphatic carbocycles. The van der Waals surface area contributed by atoms with E-state index in [1.165, 1.54) is 6.20 Å². The van der Waals surface area contributed by atoms with Gasteiger partial charge < -0.3 is 10.6 Å². The highest BCUT2D eigenvalue weighted by atomic mass is 35.5. The smallest absolute Gasteiger partial charge is 0.259 e. The van der Waals surface area contributed by atoms with Crippen molar-refractivity contribution >= 4 is 34.8 Å². The van der Waals surface area contributed by atoms with Crippen LogP contribution in [0.2, 0.25) is 5.02 Å². The Morgan fingerprint density at radius 3 is 2.50 bits per heavy atom. The topological polar surface area (TPSA) is 76.0 Å². The van der Waals surface area contributed by atoms with Gasteiger partial charge >= 0.3 is 0 Å². The number of hydrogen-bond acceptors (Lipinski definition) is 3. The molecular weight excluding hydrogens is 376 g/mol. The number of hydrogen-bond donors (Lipinski definition) is 2. The number of halogens is 1. The first-order chi connectivity index (χ1) is 13.5. The molecule has 1 aromatic heterocycles. The van der Waals surface area contributed by atoms with Crippen molar-refractivity contribution in [3.8, 4) is 5.69 Å². The minimum absolute atomic E-state index is 0.0297. The molecule has 6 nitrogen and oxygen atoms in total. The number of carbonyl (C=O) groups excluding carboxylic acids is 2. The van der Waals surface area contributed by atoms with E-state index in [-0.39, 0.29) is 17.7 Å². The van der Waals surface area contributed by atoms with Gasteiger partial charge in [0.2, 0.25) is 5.91 Å². The van der Waals surface area contributed by atoms with Crippen molar-refractivity contribution in [2.45, 2.75) is 19.8 Å². The van der Waals surface area contributed by atoms with E-state index in [4.69, 9.17) is 11.6 Å². The van der Waals surface area contributed by atoms with Gasteiger partial charge in [0.25, 0.3) is 5.91 Å². The molecule has 0 atom stereocenters. The van der Waals surface area contributed by atoms with Gasteiger partial charge in [0.15, 0.2) is 0 Å². The van der Waals surface area contributed by atoms with Crippen LogP contribution in [0.1, 0.15) is 28.9 Å². The number of rotatable bonds is 5. The summed E-state index contributed by atoms with van der Waals surface area (Å²) < 4.78 is 1.67. The number of nitrogens with one attached hydrogen (secondary N) is 2. The molecule has 0 saturated heterocycles. The predicted molar refractivity (Wildman–Crippen MR) is 109 cm³/mol.